The minimum absolute atomic E-state index is 0.119. The fourth-order valence-electron chi connectivity index (χ4n) is 3.99. The standard InChI is InChI=1S/C21H20N4O3S/c1-10-9-29-21-23-18(20(24(10)21)15-6-7-22-16(26)8-15)17-12(3)11(2)13(4)19(14(17)5)25(27)28/h6-9H,1-5H3,(H,22,26). The highest BCUT2D eigenvalue weighted by Crippen LogP contribution is 2.42. The number of nitrogens with one attached hydrogen (secondary N) is 1. The SMILES string of the molecule is Cc1c(C)c(-c2nc3scc(C)n3c2-c2cc[nH]c(=O)c2)c(C)c([N+](=O)[O-])c1C. The highest BCUT2D eigenvalue weighted by Gasteiger charge is 2.28. The van der Waals surface area contributed by atoms with Gasteiger partial charge in [-0.3, -0.25) is 19.3 Å². The molecule has 0 aliphatic rings. The van der Waals surface area contributed by atoms with Crippen molar-refractivity contribution >= 4 is 22.0 Å². The molecule has 1 aromatic carbocycles. The molecule has 0 atom stereocenters. The number of aryl methyl sites for hydroxylation is 1. The topological polar surface area (TPSA) is 93.3 Å². The third-order valence-electron chi connectivity index (χ3n) is 5.59. The Balaban J connectivity index is 2.18. The maximum absolute atomic E-state index is 12.0. The number of nitro benzene ring substituents is 1. The lowest BCUT2D eigenvalue weighted by molar-refractivity contribution is -0.386. The number of nitro groups is 1. The first-order valence-corrected chi connectivity index (χ1v) is 10.0. The van der Waals surface area contributed by atoms with E-state index in [0.717, 1.165) is 38.6 Å². The van der Waals surface area contributed by atoms with Crippen LogP contribution in [-0.2, 0) is 0 Å². The molecule has 7 nitrogen and oxygen atoms in total. The molecule has 0 aliphatic carbocycles. The highest BCUT2D eigenvalue weighted by atomic mass is 32.1. The molecule has 0 bridgehead atoms. The molecule has 148 valence electrons. The summed E-state index contributed by atoms with van der Waals surface area (Å²) in [4.78, 5) is 31.8. The van der Waals surface area contributed by atoms with Crippen molar-refractivity contribution in [3.8, 4) is 22.5 Å². The van der Waals surface area contributed by atoms with E-state index >= 15 is 0 Å². The summed E-state index contributed by atoms with van der Waals surface area (Å²) in [5.41, 5.74) is 6.90. The summed E-state index contributed by atoms with van der Waals surface area (Å²) >= 11 is 1.50. The van der Waals surface area contributed by atoms with Gasteiger partial charge in [0, 0.05) is 45.6 Å². The van der Waals surface area contributed by atoms with Crippen LogP contribution in [0.2, 0.25) is 0 Å². The second-order valence-electron chi connectivity index (χ2n) is 7.23. The van der Waals surface area contributed by atoms with Gasteiger partial charge in [0.05, 0.1) is 16.3 Å². The Morgan fingerprint density at radius 3 is 2.48 bits per heavy atom. The number of aromatic amines is 1. The van der Waals surface area contributed by atoms with Crippen LogP contribution in [0.5, 0.6) is 0 Å². The first-order valence-electron chi connectivity index (χ1n) is 9.13. The van der Waals surface area contributed by atoms with Crippen LogP contribution < -0.4 is 5.56 Å². The average molecular weight is 408 g/mol. The number of pyridine rings is 1. The van der Waals surface area contributed by atoms with Crippen molar-refractivity contribution in [2.75, 3.05) is 0 Å². The van der Waals surface area contributed by atoms with Crippen molar-refractivity contribution in [2.24, 2.45) is 0 Å². The molecule has 0 saturated heterocycles. The predicted octanol–water partition coefficient (Wildman–Crippen LogP) is 4.87. The Morgan fingerprint density at radius 1 is 1.10 bits per heavy atom. The van der Waals surface area contributed by atoms with Crippen LogP contribution >= 0.6 is 11.3 Å². The Bertz CT molecular complexity index is 1360. The molecule has 3 heterocycles. The van der Waals surface area contributed by atoms with Crippen LogP contribution in [0.1, 0.15) is 27.9 Å². The molecule has 0 unspecified atom stereocenters. The van der Waals surface area contributed by atoms with Gasteiger partial charge in [-0.2, -0.15) is 0 Å². The van der Waals surface area contributed by atoms with E-state index in [4.69, 9.17) is 4.98 Å². The minimum Gasteiger partial charge on any atom is -0.329 e. The van der Waals surface area contributed by atoms with Gasteiger partial charge in [0.25, 0.3) is 5.69 Å². The van der Waals surface area contributed by atoms with E-state index in [1.54, 1.807) is 20.0 Å². The first kappa shape index (κ1) is 19.1. The summed E-state index contributed by atoms with van der Waals surface area (Å²) in [6.07, 6.45) is 1.60. The van der Waals surface area contributed by atoms with Crippen LogP contribution in [-0.4, -0.2) is 19.3 Å². The summed E-state index contributed by atoms with van der Waals surface area (Å²) in [5.74, 6) is 0. The molecule has 3 aromatic heterocycles. The number of rotatable bonds is 3. The molecule has 0 radical (unpaired) electrons. The molecule has 8 heteroatoms. The van der Waals surface area contributed by atoms with E-state index in [9.17, 15) is 14.9 Å². The molecule has 0 spiro atoms. The van der Waals surface area contributed by atoms with Crippen LogP contribution in [0.4, 0.5) is 5.69 Å². The van der Waals surface area contributed by atoms with Gasteiger partial charge in [-0.25, -0.2) is 4.98 Å². The van der Waals surface area contributed by atoms with Crippen LogP contribution in [0, 0.1) is 44.7 Å². The molecule has 4 aromatic rings. The van der Waals surface area contributed by atoms with Crippen LogP contribution in [0.25, 0.3) is 27.5 Å². The number of thiazole rings is 1. The number of H-pyrrole nitrogens is 1. The molecule has 29 heavy (non-hydrogen) atoms. The van der Waals surface area contributed by atoms with Gasteiger partial charge in [-0.1, -0.05) is 0 Å². The second-order valence-corrected chi connectivity index (χ2v) is 8.06. The van der Waals surface area contributed by atoms with Crippen molar-refractivity contribution in [2.45, 2.75) is 34.6 Å². The zero-order valence-electron chi connectivity index (χ0n) is 16.8. The monoisotopic (exact) mass is 408 g/mol. The fourth-order valence-corrected chi connectivity index (χ4v) is 4.85. The summed E-state index contributed by atoms with van der Waals surface area (Å²) in [7, 11) is 0. The molecular weight excluding hydrogens is 388 g/mol. The van der Waals surface area contributed by atoms with Crippen molar-refractivity contribution in [3.05, 3.63) is 72.1 Å². The van der Waals surface area contributed by atoms with Gasteiger partial charge in [-0.15, -0.1) is 11.3 Å². The summed E-state index contributed by atoms with van der Waals surface area (Å²) < 4.78 is 2.01. The summed E-state index contributed by atoms with van der Waals surface area (Å²) in [6.45, 7) is 9.40. The number of hydrogen-bond donors (Lipinski definition) is 1. The number of hydrogen-bond acceptors (Lipinski definition) is 5. The van der Waals surface area contributed by atoms with Gasteiger partial charge in [-0.05, 0) is 51.8 Å². The third kappa shape index (κ3) is 2.79. The summed E-state index contributed by atoms with van der Waals surface area (Å²) in [6, 6.07) is 3.36. The molecule has 0 amide bonds. The molecular formula is C21H20N4O3S. The van der Waals surface area contributed by atoms with E-state index in [1.807, 2.05) is 36.6 Å². The van der Waals surface area contributed by atoms with Gasteiger partial charge in [0.15, 0.2) is 4.96 Å². The van der Waals surface area contributed by atoms with E-state index in [2.05, 4.69) is 4.98 Å². The third-order valence-corrected chi connectivity index (χ3v) is 6.53. The zero-order chi connectivity index (χ0) is 21.0. The fraction of sp³-hybridized carbons (Fsp3) is 0.238. The highest BCUT2D eigenvalue weighted by molar-refractivity contribution is 7.15. The quantitative estimate of drug-likeness (QED) is 0.387. The van der Waals surface area contributed by atoms with Crippen molar-refractivity contribution in [3.63, 3.8) is 0 Å². The van der Waals surface area contributed by atoms with Gasteiger partial charge >= 0.3 is 0 Å². The average Bonchev–Trinajstić information content (AvgIpc) is 3.20. The lowest BCUT2D eigenvalue weighted by Crippen LogP contribution is -2.05. The zero-order valence-corrected chi connectivity index (χ0v) is 17.6. The second kappa shape index (κ2) is 6.66. The number of nitrogens with zero attached hydrogens (tertiary/aromatic N) is 3. The Labute approximate surface area is 170 Å². The molecule has 4 rings (SSSR count). The normalized spacial score (nSPS) is 11.3. The predicted molar refractivity (Wildman–Crippen MR) is 115 cm³/mol. The van der Waals surface area contributed by atoms with E-state index in [0.29, 0.717) is 16.8 Å². The molecule has 0 aliphatic heterocycles. The Morgan fingerprint density at radius 2 is 1.83 bits per heavy atom. The lowest BCUT2D eigenvalue weighted by atomic mass is 9.89. The lowest BCUT2D eigenvalue weighted by Gasteiger charge is -2.16. The summed E-state index contributed by atoms with van der Waals surface area (Å²) in [5, 5.41) is 13.8. The smallest absolute Gasteiger partial charge is 0.276 e. The molecule has 0 fully saturated rings. The van der Waals surface area contributed by atoms with E-state index in [-0.39, 0.29) is 16.2 Å². The van der Waals surface area contributed by atoms with Gasteiger partial charge in [0.1, 0.15) is 0 Å². The number of aromatic nitrogens is 3. The van der Waals surface area contributed by atoms with Crippen molar-refractivity contribution < 1.29 is 4.92 Å². The van der Waals surface area contributed by atoms with Crippen molar-refractivity contribution in [1.29, 1.82) is 0 Å². The van der Waals surface area contributed by atoms with E-state index < -0.39 is 0 Å². The molecule has 1 N–H and O–H groups in total. The number of benzene rings is 1. The van der Waals surface area contributed by atoms with Crippen LogP contribution in [0.15, 0.2) is 28.5 Å². The molecule has 0 saturated carbocycles. The van der Waals surface area contributed by atoms with Crippen LogP contribution in [0.3, 0.4) is 0 Å². The Kier molecular flexibility index (Phi) is 4.38. The Hall–Kier alpha value is -3.26. The van der Waals surface area contributed by atoms with Crippen molar-refractivity contribution in [1.82, 2.24) is 14.4 Å². The maximum Gasteiger partial charge on any atom is 0.276 e. The van der Waals surface area contributed by atoms with E-state index in [1.165, 1.54) is 17.4 Å². The minimum atomic E-state index is -0.322. The van der Waals surface area contributed by atoms with Gasteiger partial charge < -0.3 is 4.98 Å². The van der Waals surface area contributed by atoms with Gasteiger partial charge in [0.2, 0.25) is 5.56 Å². The number of imidazole rings is 1. The maximum atomic E-state index is 12.0. The number of fused-ring (bicyclic) bond motifs is 1. The largest absolute Gasteiger partial charge is 0.329 e. The first-order chi connectivity index (χ1) is 13.7.